The van der Waals surface area contributed by atoms with Gasteiger partial charge in [-0.3, -0.25) is 0 Å². The second-order valence-corrected chi connectivity index (χ2v) is 3.77. The van der Waals surface area contributed by atoms with Gasteiger partial charge in [-0.2, -0.15) is 0 Å². The van der Waals surface area contributed by atoms with Crippen LogP contribution in [-0.2, 0) is 11.2 Å². The molecule has 1 aromatic carbocycles. The quantitative estimate of drug-likeness (QED) is 0.809. The minimum absolute atomic E-state index is 0.268. The van der Waals surface area contributed by atoms with Gasteiger partial charge in [-0.25, -0.2) is 4.79 Å². The van der Waals surface area contributed by atoms with Crippen LogP contribution < -0.4 is 4.74 Å². The smallest absolute Gasteiger partial charge is 0.345 e. The molecule has 0 saturated carbocycles. The zero-order valence-corrected chi connectivity index (χ0v) is 8.47. The van der Waals surface area contributed by atoms with Crippen molar-refractivity contribution in [3.8, 4) is 5.75 Å². The van der Waals surface area contributed by atoms with Crippen LogP contribution in [0.5, 0.6) is 5.75 Å². The number of hydrogen-bond donors (Lipinski definition) is 1. The maximum Gasteiger partial charge on any atom is 0.345 e. The molecule has 3 nitrogen and oxygen atoms in total. The summed E-state index contributed by atoms with van der Waals surface area (Å²) in [6, 6.07) is 3.22. The zero-order chi connectivity index (χ0) is 10.3. The lowest BCUT2D eigenvalue weighted by Gasteiger charge is -2.03. The summed E-state index contributed by atoms with van der Waals surface area (Å²) in [6.45, 7) is 0. The molecular weight excluding hydrogens is 227 g/mol. The predicted octanol–water partition coefficient (Wildman–Crippen LogP) is 2.38. The van der Waals surface area contributed by atoms with Gasteiger partial charge in [0, 0.05) is 12.0 Å². The van der Waals surface area contributed by atoms with E-state index in [0.29, 0.717) is 21.4 Å². The van der Waals surface area contributed by atoms with Crippen LogP contribution in [0.2, 0.25) is 10.0 Å². The monoisotopic (exact) mass is 232 g/mol. The Hall–Kier alpha value is -0.930. The molecule has 0 spiro atoms. The molecule has 1 aromatic rings. The minimum atomic E-state index is -0.992. The van der Waals surface area contributed by atoms with Crippen molar-refractivity contribution in [3.05, 3.63) is 27.7 Å². The van der Waals surface area contributed by atoms with E-state index in [1.165, 1.54) is 0 Å². The van der Waals surface area contributed by atoms with Crippen LogP contribution in [0.25, 0.3) is 0 Å². The first kappa shape index (κ1) is 9.62. The lowest BCUT2D eigenvalue weighted by atomic mass is 10.1. The third kappa shape index (κ3) is 1.42. The van der Waals surface area contributed by atoms with Gasteiger partial charge in [-0.1, -0.05) is 23.2 Å². The van der Waals surface area contributed by atoms with E-state index in [2.05, 4.69) is 0 Å². The number of benzene rings is 1. The fraction of sp³-hybridized carbons (Fsp3) is 0.222. The maximum absolute atomic E-state index is 10.7. The fourth-order valence-corrected chi connectivity index (χ4v) is 1.80. The Balaban J connectivity index is 2.40. The molecular formula is C9H6Cl2O3. The Labute approximate surface area is 90.2 Å². The molecule has 1 aliphatic heterocycles. The van der Waals surface area contributed by atoms with Crippen molar-refractivity contribution in [1.82, 2.24) is 0 Å². The van der Waals surface area contributed by atoms with Crippen LogP contribution in [0.4, 0.5) is 0 Å². The Morgan fingerprint density at radius 3 is 2.86 bits per heavy atom. The molecule has 0 amide bonds. The number of fused-ring (bicyclic) bond motifs is 1. The van der Waals surface area contributed by atoms with Gasteiger partial charge in [-0.05, 0) is 12.1 Å². The first-order chi connectivity index (χ1) is 6.59. The standard InChI is InChI=1S/C9H6Cl2O3/c10-5-1-2-6-4(8(5)11)3-7(14-6)9(12)13/h1-2,7H,3H2,(H,12,13). The van der Waals surface area contributed by atoms with Crippen molar-refractivity contribution in [3.63, 3.8) is 0 Å². The van der Waals surface area contributed by atoms with Crippen molar-refractivity contribution in [1.29, 1.82) is 0 Å². The predicted molar refractivity (Wildman–Crippen MR) is 52.2 cm³/mol. The van der Waals surface area contributed by atoms with Crippen LogP contribution in [0.15, 0.2) is 12.1 Å². The van der Waals surface area contributed by atoms with Gasteiger partial charge < -0.3 is 9.84 Å². The van der Waals surface area contributed by atoms with Gasteiger partial charge in [-0.15, -0.1) is 0 Å². The van der Waals surface area contributed by atoms with Crippen LogP contribution >= 0.6 is 23.2 Å². The highest BCUT2D eigenvalue weighted by Gasteiger charge is 2.30. The largest absolute Gasteiger partial charge is 0.478 e. The fourth-order valence-electron chi connectivity index (χ4n) is 1.39. The molecule has 0 aromatic heterocycles. The molecule has 74 valence electrons. The lowest BCUT2D eigenvalue weighted by molar-refractivity contribution is -0.144. The van der Waals surface area contributed by atoms with Crippen molar-refractivity contribution in [2.45, 2.75) is 12.5 Å². The SMILES string of the molecule is O=C(O)C1Cc2c(ccc(Cl)c2Cl)O1. The molecule has 0 radical (unpaired) electrons. The number of hydrogen-bond acceptors (Lipinski definition) is 2. The number of carboxylic acids is 1. The van der Waals surface area contributed by atoms with Gasteiger partial charge in [0.15, 0.2) is 6.10 Å². The summed E-state index contributed by atoms with van der Waals surface area (Å²) in [5, 5.41) is 9.54. The third-order valence-corrected chi connectivity index (χ3v) is 2.93. The van der Waals surface area contributed by atoms with E-state index in [1.54, 1.807) is 12.1 Å². The van der Waals surface area contributed by atoms with Crippen LogP contribution in [0.3, 0.4) is 0 Å². The highest BCUT2D eigenvalue weighted by Crippen LogP contribution is 2.38. The zero-order valence-electron chi connectivity index (χ0n) is 6.96. The molecule has 1 heterocycles. The third-order valence-electron chi connectivity index (χ3n) is 2.09. The summed E-state index contributed by atoms with van der Waals surface area (Å²) in [5.74, 6) is -0.486. The molecule has 0 fully saturated rings. The highest BCUT2D eigenvalue weighted by molar-refractivity contribution is 6.42. The Kier molecular flexibility index (Phi) is 2.29. The van der Waals surface area contributed by atoms with Crippen LogP contribution in [-0.4, -0.2) is 17.2 Å². The molecule has 0 bridgehead atoms. The molecule has 1 aliphatic rings. The lowest BCUT2D eigenvalue weighted by Crippen LogP contribution is -2.24. The van der Waals surface area contributed by atoms with E-state index >= 15 is 0 Å². The maximum atomic E-state index is 10.7. The van der Waals surface area contributed by atoms with E-state index in [9.17, 15) is 4.79 Å². The van der Waals surface area contributed by atoms with Crippen molar-refractivity contribution in [2.24, 2.45) is 0 Å². The van der Waals surface area contributed by atoms with Gasteiger partial charge in [0.2, 0.25) is 0 Å². The Bertz CT molecular complexity index is 403. The van der Waals surface area contributed by atoms with Gasteiger partial charge in [0.25, 0.3) is 0 Å². The number of aliphatic carboxylic acids is 1. The minimum Gasteiger partial charge on any atom is -0.478 e. The Morgan fingerprint density at radius 1 is 1.50 bits per heavy atom. The Morgan fingerprint density at radius 2 is 2.21 bits per heavy atom. The topological polar surface area (TPSA) is 46.5 Å². The summed E-state index contributed by atoms with van der Waals surface area (Å²) in [5.41, 5.74) is 0.673. The molecule has 0 saturated heterocycles. The summed E-state index contributed by atoms with van der Waals surface area (Å²) < 4.78 is 5.16. The molecule has 2 rings (SSSR count). The molecule has 0 aliphatic carbocycles. The molecule has 1 atom stereocenters. The summed E-state index contributed by atoms with van der Waals surface area (Å²) >= 11 is 11.7. The summed E-state index contributed by atoms with van der Waals surface area (Å²) in [7, 11) is 0. The number of rotatable bonds is 1. The number of carbonyl (C=O) groups is 1. The average Bonchev–Trinajstić information content (AvgIpc) is 2.56. The first-order valence-electron chi connectivity index (χ1n) is 3.96. The normalized spacial score (nSPS) is 18.9. The van der Waals surface area contributed by atoms with Crippen LogP contribution in [0, 0.1) is 0 Å². The van der Waals surface area contributed by atoms with Crippen molar-refractivity contribution < 1.29 is 14.6 Å². The van der Waals surface area contributed by atoms with E-state index < -0.39 is 12.1 Å². The number of halogens is 2. The summed E-state index contributed by atoms with van der Waals surface area (Å²) in [6.07, 6.45) is -0.578. The van der Waals surface area contributed by atoms with Gasteiger partial charge in [0.1, 0.15) is 5.75 Å². The van der Waals surface area contributed by atoms with Crippen LogP contribution in [0.1, 0.15) is 5.56 Å². The second-order valence-electron chi connectivity index (χ2n) is 2.99. The number of carboxylic acid groups (broad SMARTS) is 1. The van der Waals surface area contributed by atoms with E-state index in [0.717, 1.165) is 0 Å². The van der Waals surface area contributed by atoms with Crippen molar-refractivity contribution in [2.75, 3.05) is 0 Å². The first-order valence-corrected chi connectivity index (χ1v) is 4.71. The van der Waals surface area contributed by atoms with Gasteiger partial charge >= 0.3 is 5.97 Å². The van der Waals surface area contributed by atoms with E-state index in [1.807, 2.05) is 0 Å². The summed E-state index contributed by atoms with van der Waals surface area (Å²) in [4.78, 5) is 10.7. The van der Waals surface area contributed by atoms with E-state index in [4.69, 9.17) is 33.0 Å². The highest BCUT2D eigenvalue weighted by atomic mass is 35.5. The number of ether oxygens (including phenoxy) is 1. The molecule has 1 N–H and O–H groups in total. The molecule has 14 heavy (non-hydrogen) atoms. The molecule has 1 unspecified atom stereocenters. The van der Waals surface area contributed by atoms with E-state index in [-0.39, 0.29) is 6.42 Å². The van der Waals surface area contributed by atoms with Crippen molar-refractivity contribution >= 4 is 29.2 Å². The average molecular weight is 233 g/mol. The van der Waals surface area contributed by atoms with Gasteiger partial charge in [0.05, 0.1) is 10.0 Å². The molecule has 5 heteroatoms. The second kappa shape index (κ2) is 3.33.